The van der Waals surface area contributed by atoms with Gasteiger partial charge in [-0.25, -0.2) is 0 Å². The van der Waals surface area contributed by atoms with E-state index >= 15 is 0 Å². The lowest BCUT2D eigenvalue weighted by Gasteiger charge is -2.21. The number of ether oxygens (including phenoxy) is 1. The largest absolute Gasteiger partial charge is 0.381 e. The molecule has 2 heteroatoms. The average Bonchev–Trinajstić information content (AvgIpc) is 2.13. The second kappa shape index (κ2) is 8.08. The fourth-order valence-electron chi connectivity index (χ4n) is 1.88. The zero-order valence-corrected chi connectivity index (χ0v) is 12.2. The number of nitrogens with zero attached hydrogens (tertiary/aromatic N) is 1. The Morgan fingerprint density at radius 3 is 2.06 bits per heavy atom. The highest BCUT2D eigenvalue weighted by Crippen LogP contribution is 2.23. The molecule has 0 aliphatic heterocycles. The van der Waals surface area contributed by atoms with E-state index in [9.17, 15) is 0 Å². The van der Waals surface area contributed by atoms with Crippen molar-refractivity contribution in [2.75, 3.05) is 27.7 Å². The first-order valence-electron chi connectivity index (χ1n) is 6.52. The van der Waals surface area contributed by atoms with Crippen LogP contribution in [0.3, 0.4) is 0 Å². The van der Waals surface area contributed by atoms with E-state index in [1.165, 1.54) is 38.6 Å². The van der Waals surface area contributed by atoms with Crippen LogP contribution in [0.15, 0.2) is 0 Å². The van der Waals surface area contributed by atoms with E-state index in [-0.39, 0.29) is 0 Å². The molecule has 0 aromatic rings. The fraction of sp³-hybridized carbons (Fsp3) is 1.00. The summed E-state index contributed by atoms with van der Waals surface area (Å²) in [6.45, 7) is 8.09. The van der Waals surface area contributed by atoms with E-state index in [2.05, 4.69) is 39.8 Å². The monoisotopic (exact) mass is 229 g/mol. The summed E-state index contributed by atoms with van der Waals surface area (Å²) in [6.07, 6.45) is 6.67. The molecular formula is C14H31NO. The van der Waals surface area contributed by atoms with Crippen LogP contribution in [0.25, 0.3) is 0 Å². The topological polar surface area (TPSA) is 12.5 Å². The first-order chi connectivity index (χ1) is 7.35. The van der Waals surface area contributed by atoms with Crippen LogP contribution in [-0.2, 0) is 4.74 Å². The van der Waals surface area contributed by atoms with Crippen LogP contribution in [0.1, 0.15) is 52.9 Å². The second-order valence-electron chi connectivity index (χ2n) is 6.26. The van der Waals surface area contributed by atoms with Gasteiger partial charge in [-0.3, -0.25) is 0 Å². The third-order valence-corrected chi connectivity index (χ3v) is 2.92. The number of hydrogen-bond acceptors (Lipinski definition) is 2. The van der Waals surface area contributed by atoms with E-state index in [0.29, 0.717) is 11.5 Å². The Kier molecular flexibility index (Phi) is 8.04. The van der Waals surface area contributed by atoms with Gasteiger partial charge < -0.3 is 9.64 Å². The summed E-state index contributed by atoms with van der Waals surface area (Å²) < 4.78 is 5.53. The zero-order valence-electron chi connectivity index (χ0n) is 12.2. The predicted molar refractivity (Wildman–Crippen MR) is 71.9 cm³/mol. The van der Waals surface area contributed by atoms with Crippen molar-refractivity contribution in [1.29, 1.82) is 0 Å². The van der Waals surface area contributed by atoms with Crippen LogP contribution in [0.2, 0.25) is 0 Å². The second-order valence-corrected chi connectivity index (χ2v) is 6.26. The highest BCUT2D eigenvalue weighted by molar-refractivity contribution is 4.65. The molecule has 0 aromatic carbocycles. The van der Waals surface area contributed by atoms with Crippen molar-refractivity contribution in [3.63, 3.8) is 0 Å². The molecule has 0 radical (unpaired) electrons. The SMILES string of the molecule is CO[C@@H](CCCN(C)C)CCCC(C)(C)C. The van der Waals surface area contributed by atoms with E-state index in [1.807, 2.05) is 7.11 Å². The lowest BCUT2D eigenvalue weighted by atomic mass is 9.89. The van der Waals surface area contributed by atoms with Gasteiger partial charge in [0.2, 0.25) is 0 Å². The van der Waals surface area contributed by atoms with Crippen LogP contribution >= 0.6 is 0 Å². The molecule has 2 nitrogen and oxygen atoms in total. The lowest BCUT2D eigenvalue weighted by molar-refractivity contribution is 0.0797. The van der Waals surface area contributed by atoms with Crippen molar-refractivity contribution >= 4 is 0 Å². The minimum Gasteiger partial charge on any atom is -0.381 e. The molecule has 0 amide bonds. The Hall–Kier alpha value is -0.0800. The van der Waals surface area contributed by atoms with Gasteiger partial charge in [0.25, 0.3) is 0 Å². The predicted octanol–water partition coefficient (Wildman–Crippen LogP) is 3.56. The van der Waals surface area contributed by atoms with Gasteiger partial charge in [0.15, 0.2) is 0 Å². The minimum absolute atomic E-state index is 0.460. The van der Waals surface area contributed by atoms with Gasteiger partial charge in [-0.1, -0.05) is 27.2 Å². The van der Waals surface area contributed by atoms with Crippen molar-refractivity contribution in [3.05, 3.63) is 0 Å². The van der Waals surface area contributed by atoms with Crippen LogP contribution in [-0.4, -0.2) is 38.8 Å². The Balaban J connectivity index is 3.59. The van der Waals surface area contributed by atoms with Crippen molar-refractivity contribution in [2.24, 2.45) is 5.41 Å². The smallest absolute Gasteiger partial charge is 0.0571 e. The third-order valence-electron chi connectivity index (χ3n) is 2.92. The van der Waals surface area contributed by atoms with Gasteiger partial charge in [0, 0.05) is 7.11 Å². The molecule has 16 heavy (non-hydrogen) atoms. The standard InChI is InChI=1S/C14H31NO/c1-14(2,3)11-7-9-13(16-6)10-8-12-15(4)5/h13H,7-12H2,1-6H3/t13-/m1/s1. The molecule has 0 fully saturated rings. The van der Waals surface area contributed by atoms with Crippen molar-refractivity contribution in [3.8, 4) is 0 Å². The van der Waals surface area contributed by atoms with Crippen LogP contribution in [0, 0.1) is 5.41 Å². The first kappa shape index (κ1) is 15.9. The van der Waals surface area contributed by atoms with Crippen molar-refractivity contribution in [1.82, 2.24) is 4.90 Å². The summed E-state index contributed by atoms with van der Waals surface area (Å²) >= 11 is 0. The van der Waals surface area contributed by atoms with Gasteiger partial charge in [-0.2, -0.15) is 0 Å². The Morgan fingerprint density at radius 2 is 1.62 bits per heavy atom. The molecule has 0 N–H and O–H groups in total. The molecule has 0 saturated heterocycles. The van der Waals surface area contributed by atoms with Crippen LogP contribution < -0.4 is 0 Å². The van der Waals surface area contributed by atoms with Gasteiger partial charge >= 0.3 is 0 Å². The summed E-state index contributed by atoms with van der Waals surface area (Å²) in [5.74, 6) is 0. The van der Waals surface area contributed by atoms with Gasteiger partial charge in [0.1, 0.15) is 0 Å². The quantitative estimate of drug-likeness (QED) is 0.631. The molecule has 0 rings (SSSR count). The van der Waals surface area contributed by atoms with Crippen molar-refractivity contribution < 1.29 is 4.74 Å². The Bertz CT molecular complexity index is 161. The van der Waals surface area contributed by atoms with E-state index in [4.69, 9.17) is 4.74 Å². The molecule has 0 spiro atoms. The molecule has 1 atom stereocenters. The van der Waals surface area contributed by atoms with Gasteiger partial charge in [-0.15, -0.1) is 0 Å². The zero-order chi connectivity index (χ0) is 12.6. The van der Waals surface area contributed by atoms with Gasteiger partial charge in [0.05, 0.1) is 6.10 Å². The van der Waals surface area contributed by atoms with Crippen molar-refractivity contribution in [2.45, 2.75) is 59.0 Å². The molecule has 0 saturated carbocycles. The maximum Gasteiger partial charge on any atom is 0.0571 e. The average molecular weight is 229 g/mol. The maximum atomic E-state index is 5.53. The third kappa shape index (κ3) is 10.4. The number of rotatable bonds is 8. The molecule has 98 valence electrons. The van der Waals surface area contributed by atoms with E-state index < -0.39 is 0 Å². The maximum absolute atomic E-state index is 5.53. The first-order valence-corrected chi connectivity index (χ1v) is 6.52. The summed E-state index contributed by atoms with van der Waals surface area (Å²) in [5, 5.41) is 0. The summed E-state index contributed by atoms with van der Waals surface area (Å²) in [5.41, 5.74) is 0.460. The van der Waals surface area contributed by atoms with Gasteiger partial charge in [-0.05, 0) is 51.7 Å². The van der Waals surface area contributed by atoms with E-state index in [0.717, 1.165) is 0 Å². The number of methoxy groups -OCH3 is 1. The van der Waals surface area contributed by atoms with Crippen LogP contribution in [0.5, 0.6) is 0 Å². The highest BCUT2D eigenvalue weighted by atomic mass is 16.5. The Morgan fingerprint density at radius 1 is 1.06 bits per heavy atom. The summed E-state index contributed by atoms with van der Waals surface area (Å²) in [6, 6.07) is 0. The normalized spacial score (nSPS) is 14.4. The molecule has 0 heterocycles. The highest BCUT2D eigenvalue weighted by Gasteiger charge is 2.12. The molecule has 0 aromatic heterocycles. The van der Waals surface area contributed by atoms with E-state index in [1.54, 1.807) is 0 Å². The minimum atomic E-state index is 0.460. The molecule has 0 bridgehead atoms. The lowest BCUT2D eigenvalue weighted by Crippen LogP contribution is -2.17. The summed E-state index contributed by atoms with van der Waals surface area (Å²) in [7, 11) is 6.10. The molecule has 0 unspecified atom stereocenters. The molecule has 0 aliphatic rings. The fourth-order valence-corrected chi connectivity index (χ4v) is 1.88. The molecular weight excluding hydrogens is 198 g/mol. The van der Waals surface area contributed by atoms with Crippen LogP contribution in [0.4, 0.5) is 0 Å². The number of hydrogen-bond donors (Lipinski definition) is 0. The Labute approximate surface area is 102 Å². The molecule has 0 aliphatic carbocycles. The summed E-state index contributed by atoms with van der Waals surface area (Å²) in [4.78, 5) is 2.24.